The summed E-state index contributed by atoms with van der Waals surface area (Å²) in [6.07, 6.45) is -0.0155. The standard InChI is InChI=1S/C17H17Cl2NO2/c1-3-16(22-13-7-4-11(2)5-8-13)17(21)20-12-6-9-14(18)15(19)10-12/h4-10,16H,3H2,1-2H3,(H,20,21)/t16-/m1/s1. The van der Waals surface area contributed by atoms with Crippen LogP contribution in [0.2, 0.25) is 10.0 Å². The van der Waals surface area contributed by atoms with Crippen LogP contribution in [0.3, 0.4) is 0 Å². The maximum Gasteiger partial charge on any atom is 0.265 e. The molecule has 3 nitrogen and oxygen atoms in total. The van der Waals surface area contributed by atoms with Gasteiger partial charge in [-0.15, -0.1) is 0 Å². The number of anilines is 1. The summed E-state index contributed by atoms with van der Waals surface area (Å²) >= 11 is 11.8. The smallest absolute Gasteiger partial charge is 0.265 e. The molecule has 0 saturated carbocycles. The number of amides is 1. The highest BCUT2D eigenvalue weighted by atomic mass is 35.5. The fourth-order valence-corrected chi connectivity index (χ4v) is 2.20. The number of halogens is 2. The van der Waals surface area contributed by atoms with E-state index in [1.165, 1.54) is 0 Å². The molecule has 0 aliphatic rings. The van der Waals surface area contributed by atoms with Crippen molar-refractivity contribution < 1.29 is 9.53 Å². The maximum absolute atomic E-state index is 12.3. The molecule has 5 heteroatoms. The van der Waals surface area contributed by atoms with Crippen LogP contribution in [0.1, 0.15) is 18.9 Å². The average Bonchev–Trinajstić information content (AvgIpc) is 2.50. The second-order valence-corrected chi connectivity index (χ2v) is 5.76. The lowest BCUT2D eigenvalue weighted by Crippen LogP contribution is -2.32. The fourth-order valence-electron chi connectivity index (χ4n) is 1.90. The van der Waals surface area contributed by atoms with Crippen molar-refractivity contribution in [3.8, 4) is 5.75 Å². The van der Waals surface area contributed by atoms with Crippen molar-refractivity contribution in [2.75, 3.05) is 5.32 Å². The predicted octanol–water partition coefficient (Wildman–Crippen LogP) is 5.10. The Balaban J connectivity index is 2.04. The van der Waals surface area contributed by atoms with Crippen LogP contribution in [-0.2, 0) is 4.79 Å². The molecule has 0 fully saturated rings. The molecule has 0 aliphatic carbocycles. The van der Waals surface area contributed by atoms with Crippen molar-refractivity contribution in [1.29, 1.82) is 0 Å². The van der Waals surface area contributed by atoms with E-state index in [1.807, 2.05) is 38.1 Å². The van der Waals surface area contributed by atoms with Gasteiger partial charge in [-0.25, -0.2) is 0 Å². The molecule has 0 saturated heterocycles. The molecule has 1 atom stereocenters. The lowest BCUT2D eigenvalue weighted by atomic mass is 10.2. The van der Waals surface area contributed by atoms with E-state index in [0.717, 1.165) is 5.56 Å². The van der Waals surface area contributed by atoms with Gasteiger partial charge in [0.15, 0.2) is 6.10 Å². The van der Waals surface area contributed by atoms with Crippen LogP contribution >= 0.6 is 23.2 Å². The van der Waals surface area contributed by atoms with Gasteiger partial charge in [-0.05, 0) is 43.7 Å². The molecular weight excluding hydrogens is 321 g/mol. The monoisotopic (exact) mass is 337 g/mol. The van der Waals surface area contributed by atoms with Crippen LogP contribution in [0.25, 0.3) is 0 Å². The lowest BCUT2D eigenvalue weighted by molar-refractivity contribution is -0.122. The first-order valence-electron chi connectivity index (χ1n) is 6.99. The van der Waals surface area contributed by atoms with E-state index >= 15 is 0 Å². The zero-order valence-electron chi connectivity index (χ0n) is 12.4. The quantitative estimate of drug-likeness (QED) is 0.824. The van der Waals surface area contributed by atoms with Gasteiger partial charge in [0.1, 0.15) is 5.75 Å². The average molecular weight is 338 g/mol. The second-order valence-electron chi connectivity index (χ2n) is 4.95. The molecule has 0 aliphatic heterocycles. The Bertz CT molecular complexity index is 656. The molecule has 0 radical (unpaired) electrons. The Morgan fingerprint density at radius 1 is 1.14 bits per heavy atom. The number of benzene rings is 2. The lowest BCUT2D eigenvalue weighted by Gasteiger charge is -2.17. The second kappa shape index (κ2) is 7.52. The summed E-state index contributed by atoms with van der Waals surface area (Å²) < 4.78 is 5.74. The van der Waals surface area contributed by atoms with Gasteiger partial charge in [0.2, 0.25) is 0 Å². The number of aryl methyl sites for hydroxylation is 1. The summed E-state index contributed by atoms with van der Waals surface area (Å²) in [6, 6.07) is 12.5. The third-order valence-corrected chi connectivity index (χ3v) is 3.89. The molecule has 0 bridgehead atoms. The molecule has 2 rings (SSSR count). The van der Waals surface area contributed by atoms with Crippen LogP contribution < -0.4 is 10.1 Å². The zero-order valence-corrected chi connectivity index (χ0v) is 13.9. The van der Waals surface area contributed by atoms with Gasteiger partial charge in [-0.2, -0.15) is 0 Å². The number of rotatable bonds is 5. The van der Waals surface area contributed by atoms with E-state index in [4.69, 9.17) is 27.9 Å². The van der Waals surface area contributed by atoms with E-state index in [9.17, 15) is 4.79 Å². The van der Waals surface area contributed by atoms with E-state index in [1.54, 1.807) is 18.2 Å². The summed E-state index contributed by atoms with van der Waals surface area (Å²) in [5, 5.41) is 3.63. The minimum absolute atomic E-state index is 0.221. The van der Waals surface area contributed by atoms with Gasteiger partial charge in [-0.1, -0.05) is 47.8 Å². The molecule has 0 aromatic heterocycles. The van der Waals surface area contributed by atoms with E-state index in [2.05, 4.69) is 5.32 Å². The van der Waals surface area contributed by atoms with Crippen molar-refractivity contribution >= 4 is 34.8 Å². The Kier molecular flexibility index (Phi) is 5.69. The third-order valence-electron chi connectivity index (χ3n) is 3.15. The summed E-state index contributed by atoms with van der Waals surface area (Å²) in [6.45, 7) is 3.89. The van der Waals surface area contributed by atoms with Gasteiger partial charge >= 0.3 is 0 Å². The molecule has 0 spiro atoms. The minimum atomic E-state index is -0.572. The molecule has 0 unspecified atom stereocenters. The number of hydrogen-bond acceptors (Lipinski definition) is 2. The van der Waals surface area contributed by atoms with Gasteiger partial charge in [0.25, 0.3) is 5.91 Å². The molecule has 2 aromatic rings. The van der Waals surface area contributed by atoms with Gasteiger partial charge in [-0.3, -0.25) is 4.79 Å². The summed E-state index contributed by atoms with van der Waals surface area (Å²) in [4.78, 5) is 12.3. The number of nitrogens with one attached hydrogen (secondary N) is 1. The summed E-state index contributed by atoms with van der Waals surface area (Å²) in [5.74, 6) is 0.447. The maximum atomic E-state index is 12.3. The fraction of sp³-hybridized carbons (Fsp3) is 0.235. The van der Waals surface area contributed by atoms with Crippen molar-refractivity contribution in [1.82, 2.24) is 0 Å². The van der Waals surface area contributed by atoms with Crippen LogP contribution in [-0.4, -0.2) is 12.0 Å². The molecule has 116 valence electrons. The predicted molar refractivity (Wildman–Crippen MR) is 91.0 cm³/mol. The zero-order chi connectivity index (χ0) is 16.1. The first-order chi connectivity index (χ1) is 10.5. The summed E-state index contributed by atoms with van der Waals surface area (Å²) in [7, 11) is 0. The first kappa shape index (κ1) is 16.7. The highest BCUT2D eigenvalue weighted by molar-refractivity contribution is 6.42. The van der Waals surface area contributed by atoms with Crippen LogP contribution in [0, 0.1) is 6.92 Å². The molecule has 0 heterocycles. The van der Waals surface area contributed by atoms with Crippen molar-refractivity contribution in [2.24, 2.45) is 0 Å². The number of ether oxygens (including phenoxy) is 1. The van der Waals surface area contributed by atoms with Crippen LogP contribution in [0.5, 0.6) is 5.75 Å². The minimum Gasteiger partial charge on any atom is -0.481 e. The molecule has 1 N–H and O–H groups in total. The van der Waals surface area contributed by atoms with E-state index < -0.39 is 6.10 Å². The summed E-state index contributed by atoms with van der Waals surface area (Å²) in [5.41, 5.74) is 1.73. The van der Waals surface area contributed by atoms with E-state index in [-0.39, 0.29) is 5.91 Å². The Labute approximate surface area is 140 Å². The topological polar surface area (TPSA) is 38.3 Å². The van der Waals surface area contributed by atoms with Crippen molar-refractivity contribution in [2.45, 2.75) is 26.4 Å². The molecule has 2 aromatic carbocycles. The normalized spacial score (nSPS) is 11.8. The van der Waals surface area contributed by atoms with Crippen molar-refractivity contribution in [3.05, 3.63) is 58.1 Å². The third kappa shape index (κ3) is 4.39. The van der Waals surface area contributed by atoms with Crippen LogP contribution in [0.4, 0.5) is 5.69 Å². The molecular formula is C17H17Cl2NO2. The number of carbonyl (C=O) groups is 1. The van der Waals surface area contributed by atoms with Gasteiger partial charge in [0, 0.05) is 5.69 Å². The Morgan fingerprint density at radius 3 is 2.41 bits per heavy atom. The van der Waals surface area contributed by atoms with Crippen LogP contribution in [0.15, 0.2) is 42.5 Å². The SMILES string of the molecule is CC[C@@H](Oc1ccc(C)cc1)C(=O)Nc1ccc(Cl)c(Cl)c1. The Morgan fingerprint density at radius 2 is 1.82 bits per heavy atom. The Hall–Kier alpha value is -1.71. The van der Waals surface area contributed by atoms with E-state index in [0.29, 0.717) is 27.9 Å². The highest BCUT2D eigenvalue weighted by Crippen LogP contribution is 2.25. The van der Waals surface area contributed by atoms with Gasteiger partial charge < -0.3 is 10.1 Å². The highest BCUT2D eigenvalue weighted by Gasteiger charge is 2.18. The molecule has 1 amide bonds. The number of carbonyl (C=O) groups excluding carboxylic acids is 1. The largest absolute Gasteiger partial charge is 0.481 e. The first-order valence-corrected chi connectivity index (χ1v) is 7.74. The molecule has 22 heavy (non-hydrogen) atoms. The van der Waals surface area contributed by atoms with Gasteiger partial charge in [0.05, 0.1) is 10.0 Å². The van der Waals surface area contributed by atoms with Crippen molar-refractivity contribution in [3.63, 3.8) is 0 Å². The number of hydrogen-bond donors (Lipinski definition) is 1.